The van der Waals surface area contributed by atoms with Crippen LogP contribution in [-0.4, -0.2) is 30.8 Å². The zero-order chi connectivity index (χ0) is 27.8. The lowest BCUT2D eigenvalue weighted by Gasteiger charge is -2.21. The lowest BCUT2D eigenvalue weighted by Crippen LogP contribution is -2.32. The molecule has 0 radical (unpaired) electrons. The van der Waals surface area contributed by atoms with Gasteiger partial charge in [0.05, 0.1) is 17.7 Å². The summed E-state index contributed by atoms with van der Waals surface area (Å²) in [6.45, 7) is 3.98. The zero-order valence-electron chi connectivity index (χ0n) is 21.5. The Balaban J connectivity index is 1.45. The van der Waals surface area contributed by atoms with Crippen LogP contribution in [0, 0.1) is 13.8 Å². The second kappa shape index (κ2) is 12.3. The molecule has 0 aliphatic rings. The Morgan fingerprint density at radius 2 is 1.46 bits per heavy atom. The van der Waals surface area contributed by atoms with Gasteiger partial charge in [0, 0.05) is 12.2 Å². The van der Waals surface area contributed by atoms with Crippen molar-refractivity contribution in [3.63, 3.8) is 0 Å². The Morgan fingerprint density at radius 3 is 2.13 bits per heavy atom. The Kier molecular flexibility index (Phi) is 8.70. The molecule has 0 unspecified atom stereocenters. The van der Waals surface area contributed by atoms with Crippen LogP contribution in [0.15, 0.2) is 105 Å². The van der Waals surface area contributed by atoms with Gasteiger partial charge in [0.2, 0.25) is 10.0 Å². The predicted octanol–water partition coefficient (Wildman–Crippen LogP) is 4.38. The third kappa shape index (κ3) is 7.50. The van der Waals surface area contributed by atoms with Gasteiger partial charge in [-0.1, -0.05) is 65.7 Å². The van der Waals surface area contributed by atoms with E-state index < -0.39 is 21.8 Å². The molecule has 2 amide bonds. The third-order valence-corrected chi connectivity index (χ3v) is 7.55. The highest BCUT2D eigenvalue weighted by atomic mass is 32.2. The minimum atomic E-state index is -3.84. The van der Waals surface area contributed by atoms with Crippen molar-refractivity contribution in [2.45, 2.75) is 31.8 Å². The smallest absolute Gasteiger partial charge is 0.329 e. The molecule has 3 aromatic carbocycles. The van der Waals surface area contributed by atoms with Gasteiger partial charge in [-0.15, -0.1) is 0 Å². The molecule has 4 rings (SSSR count). The van der Waals surface area contributed by atoms with E-state index >= 15 is 0 Å². The summed E-state index contributed by atoms with van der Waals surface area (Å²) in [5.74, 6) is -1.16. The molecular weight excluding hydrogens is 516 g/mol. The van der Waals surface area contributed by atoms with Crippen LogP contribution in [0.2, 0.25) is 0 Å². The highest BCUT2D eigenvalue weighted by molar-refractivity contribution is 7.89. The van der Waals surface area contributed by atoms with Crippen molar-refractivity contribution >= 4 is 33.7 Å². The second-order valence-electron chi connectivity index (χ2n) is 8.90. The number of carbonyl (C=O) groups excluding carboxylic acids is 2. The van der Waals surface area contributed by atoms with Gasteiger partial charge in [-0.3, -0.25) is 9.59 Å². The summed E-state index contributed by atoms with van der Waals surface area (Å²) in [5.41, 5.74) is 5.49. The number of furan rings is 1. The highest BCUT2D eigenvalue weighted by Gasteiger charge is 2.26. The molecule has 0 aliphatic heterocycles. The number of rotatable bonds is 9. The van der Waals surface area contributed by atoms with Gasteiger partial charge in [-0.2, -0.15) is 9.41 Å². The Labute approximate surface area is 227 Å². The number of nitrogens with zero attached hydrogens (tertiary/aromatic N) is 2. The van der Waals surface area contributed by atoms with Crippen LogP contribution < -0.4 is 10.7 Å². The summed E-state index contributed by atoms with van der Waals surface area (Å²) in [6, 6.07) is 26.1. The van der Waals surface area contributed by atoms with E-state index in [1.807, 2.05) is 38.1 Å². The van der Waals surface area contributed by atoms with Gasteiger partial charge in [0.1, 0.15) is 11.5 Å². The fourth-order valence-electron chi connectivity index (χ4n) is 3.62. The summed E-state index contributed by atoms with van der Waals surface area (Å²) in [5, 5.41) is 6.23. The quantitative estimate of drug-likeness (QED) is 0.184. The maximum Gasteiger partial charge on any atom is 0.329 e. The third-order valence-electron chi connectivity index (χ3n) is 5.75. The van der Waals surface area contributed by atoms with Crippen LogP contribution in [0.1, 0.15) is 28.2 Å². The number of aryl methyl sites for hydroxylation is 2. The van der Waals surface area contributed by atoms with Gasteiger partial charge in [0.15, 0.2) is 0 Å². The molecule has 39 heavy (non-hydrogen) atoms. The van der Waals surface area contributed by atoms with Crippen molar-refractivity contribution in [2.75, 3.05) is 5.32 Å². The highest BCUT2D eigenvalue weighted by Crippen LogP contribution is 2.22. The molecule has 0 fully saturated rings. The Morgan fingerprint density at radius 1 is 0.821 bits per heavy atom. The van der Waals surface area contributed by atoms with Crippen molar-refractivity contribution in [3.8, 4) is 0 Å². The first-order valence-corrected chi connectivity index (χ1v) is 13.6. The van der Waals surface area contributed by atoms with Gasteiger partial charge < -0.3 is 9.73 Å². The van der Waals surface area contributed by atoms with Gasteiger partial charge in [-0.25, -0.2) is 13.8 Å². The minimum absolute atomic E-state index is 0.0240. The van der Waals surface area contributed by atoms with Crippen molar-refractivity contribution in [1.29, 1.82) is 0 Å². The van der Waals surface area contributed by atoms with E-state index in [4.69, 9.17) is 4.42 Å². The number of nitrogens with one attached hydrogen (secondary N) is 2. The van der Waals surface area contributed by atoms with Gasteiger partial charge in [0.25, 0.3) is 0 Å². The molecule has 0 bridgehead atoms. The summed E-state index contributed by atoms with van der Waals surface area (Å²) >= 11 is 0. The number of benzene rings is 3. The molecule has 0 aliphatic carbocycles. The van der Waals surface area contributed by atoms with E-state index in [9.17, 15) is 18.0 Å². The summed E-state index contributed by atoms with van der Waals surface area (Å²) < 4.78 is 34.2. The standard InChI is InChI=1S/C29H28N4O5S/c1-21-8-12-23(13-9-21)19-33(39(36,37)27-16-10-22(2)11-17-27)20-26-15-14-25(38-26)18-30-32-29(35)28(34)31-24-6-4-3-5-7-24/h3-18H,19-20H2,1-2H3,(H,31,34)(H,32,35)/b30-18+. The largest absolute Gasteiger partial charge is 0.459 e. The molecule has 9 nitrogen and oxygen atoms in total. The summed E-state index contributed by atoms with van der Waals surface area (Å²) in [4.78, 5) is 24.2. The van der Waals surface area contributed by atoms with Gasteiger partial charge in [-0.05, 0) is 55.8 Å². The van der Waals surface area contributed by atoms with E-state index in [0.29, 0.717) is 11.4 Å². The van der Waals surface area contributed by atoms with Crippen molar-refractivity contribution < 1.29 is 22.4 Å². The maximum absolute atomic E-state index is 13.5. The molecule has 2 N–H and O–H groups in total. The van der Waals surface area contributed by atoms with E-state index in [1.165, 1.54) is 10.5 Å². The van der Waals surface area contributed by atoms with Crippen molar-refractivity contribution in [1.82, 2.24) is 9.73 Å². The van der Waals surface area contributed by atoms with Crippen LogP contribution in [0.3, 0.4) is 0 Å². The van der Waals surface area contributed by atoms with Gasteiger partial charge >= 0.3 is 11.8 Å². The van der Waals surface area contributed by atoms with Crippen molar-refractivity contribution in [3.05, 3.63) is 119 Å². The molecule has 10 heteroatoms. The molecule has 200 valence electrons. The molecular formula is C29H28N4O5S. The first kappa shape index (κ1) is 27.5. The summed E-state index contributed by atoms with van der Waals surface area (Å²) in [6.07, 6.45) is 1.23. The van der Waals surface area contributed by atoms with Crippen LogP contribution >= 0.6 is 0 Å². The predicted molar refractivity (Wildman–Crippen MR) is 148 cm³/mol. The molecule has 0 saturated carbocycles. The number of carbonyl (C=O) groups is 2. The molecule has 4 aromatic rings. The van der Waals surface area contributed by atoms with Crippen LogP contribution in [0.5, 0.6) is 0 Å². The lowest BCUT2D eigenvalue weighted by atomic mass is 10.1. The van der Waals surface area contributed by atoms with E-state index in [1.54, 1.807) is 66.7 Å². The average molecular weight is 545 g/mol. The minimum Gasteiger partial charge on any atom is -0.459 e. The SMILES string of the molecule is Cc1ccc(CN(Cc2ccc(/C=N/NC(=O)C(=O)Nc3ccccc3)o2)S(=O)(=O)c2ccc(C)cc2)cc1. The summed E-state index contributed by atoms with van der Waals surface area (Å²) in [7, 11) is -3.84. The first-order chi connectivity index (χ1) is 18.7. The molecule has 1 heterocycles. The molecule has 1 aromatic heterocycles. The number of hydrogen-bond acceptors (Lipinski definition) is 6. The van der Waals surface area contributed by atoms with E-state index in [-0.39, 0.29) is 23.7 Å². The van der Waals surface area contributed by atoms with Crippen molar-refractivity contribution in [2.24, 2.45) is 5.10 Å². The number of para-hydroxylation sites is 1. The number of sulfonamides is 1. The number of anilines is 1. The van der Waals surface area contributed by atoms with Crippen LogP contribution in [-0.2, 0) is 32.7 Å². The second-order valence-corrected chi connectivity index (χ2v) is 10.8. The Hall–Kier alpha value is -4.54. The van der Waals surface area contributed by atoms with Crippen LogP contribution in [0.4, 0.5) is 5.69 Å². The first-order valence-electron chi connectivity index (χ1n) is 12.1. The lowest BCUT2D eigenvalue weighted by molar-refractivity contribution is -0.136. The zero-order valence-corrected chi connectivity index (χ0v) is 22.3. The average Bonchev–Trinajstić information content (AvgIpc) is 3.37. The van der Waals surface area contributed by atoms with E-state index in [2.05, 4.69) is 15.8 Å². The fourth-order valence-corrected chi connectivity index (χ4v) is 5.01. The number of hydrazone groups is 1. The number of hydrogen-bond donors (Lipinski definition) is 2. The Bertz CT molecular complexity index is 1560. The topological polar surface area (TPSA) is 121 Å². The molecule has 0 atom stereocenters. The molecule has 0 saturated heterocycles. The number of amides is 2. The molecule has 0 spiro atoms. The monoisotopic (exact) mass is 544 g/mol. The maximum atomic E-state index is 13.5. The fraction of sp³-hybridized carbons (Fsp3) is 0.138. The van der Waals surface area contributed by atoms with Crippen LogP contribution in [0.25, 0.3) is 0 Å². The normalized spacial score (nSPS) is 11.6. The van der Waals surface area contributed by atoms with E-state index in [0.717, 1.165) is 16.7 Å².